The van der Waals surface area contributed by atoms with Crippen LogP contribution in [0.15, 0.2) is 72.8 Å². The van der Waals surface area contributed by atoms with Gasteiger partial charge in [-0.2, -0.15) is 0 Å². The zero-order valence-electron chi connectivity index (χ0n) is 21.8. The molecule has 0 aromatic heterocycles. The number of carbonyl (C=O) groups is 3. The van der Waals surface area contributed by atoms with Gasteiger partial charge in [-0.3, -0.25) is 14.4 Å². The molecule has 37 heavy (non-hydrogen) atoms. The normalized spacial score (nSPS) is 10.9. The number of amides is 2. The minimum atomic E-state index is -0.615. The number of esters is 1. The molecule has 0 aliphatic rings. The number of benzene rings is 3. The van der Waals surface area contributed by atoms with Crippen LogP contribution in [0.25, 0.3) is 0 Å². The van der Waals surface area contributed by atoms with E-state index in [0.717, 1.165) is 17.7 Å². The molecule has 0 bridgehead atoms. The number of hydrogen-bond acceptors (Lipinski definition) is 5. The van der Waals surface area contributed by atoms with E-state index in [1.165, 1.54) is 5.56 Å². The van der Waals surface area contributed by atoms with Crippen LogP contribution < -0.4 is 15.4 Å². The van der Waals surface area contributed by atoms with Crippen molar-refractivity contribution in [1.82, 2.24) is 0 Å². The SMILES string of the molecule is CCc1ccccc1NC(=O)COC(=O)CCC(=O)Nc1ccc(Oc2ccc(C(C)(C)C)cc2)cc1. The van der Waals surface area contributed by atoms with Crippen LogP contribution in [0.2, 0.25) is 0 Å². The van der Waals surface area contributed by atoms with Gasteiger partial charge in [0.1, 0.15) is 11.5 Å². The van der Waals surface area contributed by atoms with Crippen LogP contribution in [-0.2, 0) is 31.0 Å². The molecule has 0 spiro atoms. The quantitative estimate of drug-likeness (QED) is 0.320. The fourth-order valence-electron chi connectivity index (χ4n) is 3.56. The van der Waals surface area contributed by atoms with Crippen molar-refractivity contribution in [3.63, 3.8) is 0 Å². The smallest absolute Gasteiger partial charge is 0.306 e. The Bertz CT molecular complexity index is 1210. The van der Waals surface area contributed by atoms with Gasteiger partial charge in [0.25, 0.3) is 5.91 Å². The average molecular weight is 503 g/mol. The summed E-state index contributed by atoms with van der Waals surface area (Å²) < 4.78 is 10.9. The molecule has 0 fully saturated rings. The number of anilines is 2. The van der Waals surface area contributed by atoms with Crippen LogP contribution in [0.3, 0.4) is 0 Å². The lowest BCUT2D eigenvalue weighted by atomic mass is 9.87. The Balaban J connectivity index is 1.39. The molecule has 3 rings (SSSR count). The maximum atomic E-state index is 12.2. The molecule has 7 heteroatoms. The van der Waals surface area contributed by atoms with Crippen LogP contribution in [0.4, 0.5) is 11.4 Å². The predicted molar refractivity (Wildman–Crippen MR) is 145 cm³/mol. The molecule has 194 valence electrons. The maximum Gasteiger partial charge on any atom is 0.306 e. The van der Waals surface area contributed by atoms with Crippen LogP contribution in [-0.4, -0.2) is 24.4 Å². The zero-order valence-corrected chi connectivity index (χ0v) is 21.8. The summed E-state index contributed by atoms with van der Waals surface area (Å²) in [7, 11) is 0. The van der Waals surface area contributed by atoms with E-state index in [1.54, 1.807) is 30.3 Å². The van der Waals surface area contributed by atoms with E-state index in [4.69, 9.17) is 9.47 Å². The van der Waals surface area contributed by atoms with E-state index in [-0.39, 0.29) is 24.2 Å². The molecule has 0 saturated heterocycles. The van der Waals surface area contributed by atoms with Gasteiger partial charge in [-0.25, -0.2) is 0 Å². The van der Waals surface area contributed by atoms with Crippen molar-refractivity contribution in [1.29, 1.82) is 0 Å². The third-order valence-electron chi connectivity index (χ3n) is 5.69. The second kappa shape index (κ2) is 12.7. The summed E-state index contributed by atoms with van der Waals surface area (Å²) in [6, 6.07) is 22.4. The fourth-order valence-corrected chi connectivity index (χ4v) is 3.56. The first-order valence-electron chi connectivity index (χ1n) is 12.4. The highest BCUT2D eigenvalue weighted by Gasteiger charge is 2.14. The van der Waals surface area contributed by atoms with Crippen LogP contribution in [0.5, 0.6) is 11.5 Å². The monoisotopic (exact) mass is 502 g/mol. The Hall–Kier alpha value is -4.13. The summed E-state index contributed by atoms with van der Waals surface area (Å²) >= 11 is 0. The van der Waals surface area contributed by atoms with E-state index < -0.39 is 18.5 Å². The first kappa shape index (κ1) is 27.5. The van der Waals surface area contributed by atoms with Crippen molar-refractivity contribution in [2.45, 2.75) is 52.4 Å². The Kier molecular flexibility index (Phi) is 9.44. The van der Waals surface area contributed by atoms with Crippen molar-refractivity contribution in [2.24, 2.45) is 0 Å². The second-order valence-electron chi connectivity index (χ2n) is 9.67. The minimum absolute atomic E-state index is 0.0580. The number of ether oxygens (including phenoxy) is 2. The first-order chi connectivity index (χ1) is 17.6. The van der Waals surface area contributed by atoms with Gasteiger partial charge in [0, 0.05) is 17.8 Å². The van der Waals surface area contributed by atoms with Gasteiger partial charge in [0.05, 0.1) is 6.42 Å². The molecular formula is C30H34N2O5. The summed E-state index contributed by atoms with van der Waals surface area (Å²) in [5.41, 5.74) is 3.57. The Morgan fingerprint density at radius 1 is 0.757 bits per heavy atom. The third kappa shape index (κ3) is 8.79. The van der Waals surface area contributed by atoms with Crippen LogP contribution in [0, 0.1) is 0 Å². The maximum absolute atomic E-state index is 12.2. The van der Waals surface area contributed by atoms with Crippen molar-refractivity contribution < 1.29 is 23.9 Å². The van der Waals surface area contributed by atoms with Gasteiger partial charge in [-0.15, -0.1) is 0 Å². The van der Waals surface area contributed by atoms with Crippen molar-refractivity contribution in [3.05, 3.63) is 83.9 Å². The number of aryl methyl sites for hydroxylation is 1. The molecule has 7 nitrogen and oxygen atoms in total. The molecule has 2 amide bonds. The summed E-state index contributed by atoms with van der Waals surface area (Å²) in [6.45, 7) is 8.06. The number of carbonyl (C=O) groups excluding carboxylic acids is 3. The topological polar surface area (TPSA) is 93.7 Å². The molecule has 3 aromatic rings. The average Bonchev–Trinajstić information content (AvgIpc) is 2.87. The van der Waals surface area contributed by atoms with Gasteiger partial charge < -0.3 is 20.1 Å². The lowest BCUT2D eigenvalue weighted by Gasteiger charge is -2.19. The van der Waals surface area contributed by atoms with E-state index in [0.29, 0.717) is 17.1 Å². The molecule has 0 saturated carbocycles. The van der Waals surface area contributed by atoms with Crippen LogP contribution in [0.1, 0.15) is 51.7 Å². The van der Waals surface area contributed by atoms with E-state index in [9.17, 15) is 14.4 Å². The Morgan fingerprint density at radius 2 is 1.38 bits per heavy atom. The van der Waals surface area contributed by atoms with Crippen molar-refractivity contribution in [3.8, 4) is 11.5 Å². The summed E-state index contributed by atoms with van der Waals surface area (Å²) in [5.74, 6) is 0.00245. The van der Waals surface area contributed by atoms with Gasteiger partial charge in [-0.05, 0) is 65.4 Å². The first-order valence-corrected chi connectivity index (χ1v) is 12.4. The second-order valence-corrected chi connectivity index (χ2v) is 9.67. The summed E-state index contributed by atoms with van der Waals surface area (Å²) in [6.07, 6.45) is 0.584. The molecular weight excluding hydrogens is 468 g/mol. The molecule has 0 aliphatic heterocycles. The standard InChI is InChI=1S/C30H34N2O5/c1-5-21-8-6-7-9-26(21)32-28(34)20-36-29(35)19-18-27(33)31-23-12-16-25(17-13-23)37-24-14-10-22(11-15-24)30(2,3)4/h6-17H,5,18-20H2,1-4H3,(H,31,33)(H,32,34). The molecule has 3 aromatic carbocycles. The summed E-state index contributed by atoms with van der Waals surface area (Å²) in [4.78, 5) is 36.3. The highest BCUT2D eigenvalue weighted by molar-refractivity contribution is 5.94. The Labute approximate surface area is 218 Å². The molecule has 0 unspecified atom stereocenters. The van der Waals surface area contributed by atoms with Crippen molar-refractivity contribution in [2.75, 3.05) is 17.2 Å². The zero-order chi connectivity index (χ0) is 26.8. The molecule has 0 heterocycles. The van der Waals surface area contributed by atoms with E-state index >= 15 is 0 Å². The molecule has 0 atom stereocenters. The fraction of sp³-hybridized carbons (Fsp3) is 0.300. The number of hydrogen-bond donors (Lipinski definition) is 2. The lowest BCUT2D eigenvalue weighted by molar-refractivity contribution is -0.147. The lowest BCUT2D eigenvalue weighted by Crippen LogP contribution is -2.22. The van der Waals surface area contributed by atoms with E-state index in [1.807, 2.05) is 49.4 Å². The van der Waals surface area contributed by atoms with Gasteiger partial charge >= 0.3 is 5.97 Å². The number of para-hydroxylation sites is 1. The molecule has 0 aliphatic carbocycles. The van der Waals surface area contributed by atoms with Gasteiger partial charge in [-0.1, -0.05) is 58.0 Å². The predicted octanol–water partition coefficient (Wildman–Crippen LogP) is 6.24. The molecule has 2 N–H and O–H groups in total. The number of rotatable bonds is 10. The van der Waals surface area contributed by atoms with Gasteiger partial charge in [0.15, 0.2) is 6.61 Å². The highest BCUT2D eigenvalue weighted by Crippen LogP contribution is 2.27. The Morgan fingerprint density at radius 3 is 2.00 bits per heavy atom. The van der Waals surface area contributed by atoms with Crippen LogP contribution >= 0.6 is 0 Å². The summed E-state index contributed by atoms with van der Waals surface area (Å²) in [5, 5.41) is 5.48. The molecule has 0 radical (unpaired) electrons. The third-order valence-corrected chi connectivity index (χ3v) is 5.69. The van der Waals surface area contributed by atoms with Gasteiger partial charge in [0.2, 0.25) is 5.91 Å². The van der Waals surface area contributed by atoms with E-state index in [2.05, 4.69) is 31.4 Å². The minimum Gasteiger partial charge on any atom is -0.457 e. The van der Waals surface area contributed by atoms with Crippen molar-refractivity contribution >= 4 is 29.2 Å². The largest absolute Gasteiger partial charge is 0.457 e. The number of nitrogens with one attached hydrogen (secondary N) is 2. The highest BCUT2D eigenvalue weighted by atomic mass is 16.5.